The van der Waals surface area contributed by atoms with Crippen LogP contribution in [-0.2, 0) is 17.6 Å². The Morgan fingerprint density at radius 1 is 1.21 bits per heavy atom. The second-order valence-corrected chi connectivity index (χ2v) is 6.15. The Morgan fingerprint density at radius 2 is 2.00 bits per heavy atom. The number of fused-ring (bicyclic) bond motifs is 1. The van der Waals surface area contributed by atoms with E-state index < -0.39 is 0 Å². The maximum absolute atomic E-state index is 12.7. The number of rotatable bonds is 6. The Labute approximate surface area is 142 Å². The number of amides is 1. The number of hydrogen-bond acceptors (Lipinski definition) is 2. The monoisotopic (exact) mass is 321 g/mol. The molecule has 0 saturated heterocycles. The van der Waals surface area contributed by atoms with E-state index in [4.69, 9.17) is 0 Å². The van der Waals surface area contributed by atoms with Crippen molar-refractivity contribution in [3.8, 4) is 0 Å². The van der Waals surface area contributed by atoms with Crippen molar-refractivity contribution >= 4 is 16.9 Å². The number of aromatic nitrogens is 2. The van der Waals surface area contributed by atoms with Gasteiger partial charge < -0.3 is 9.88 Å². The molecule has 24 heavy (non-hydrogen) atoms. The number of likely N-dealkylation sites (N-methyl/N-ethyl adjacent to an activating group) is 1. The second kappa shape index (κ2) is 7.30. The van der Waals surface area contributed by atoms with Crippen molar-refractivity contribution in [2.24, 2.45) is 0 Å². The molecule has 2 heterocycles. The first-order valence-electron chi connectivity index (χ1n) is 8.39. The number of H-pyrrole nitrogens is 1. The predicted octanol–water partition coefficient (Wildman–Crippen LogP) is 3.59. The lowest BCUT2D eigenvalue weighted by Crippen LogP contribution is -2.39. The molecule has 3 rings (SSSR count). The molecule has 1 amide bonds. The van der Waals surface area contributed by atoms with Gasteiger partial charge in [-0.3, -0.25) is 4.79 Å². The minimum atomic E-state index is 0.141. The van der Waals surface area contributed by atoms with Crippen molar-refractivity contribution in [1.29, 1.82) is 0 Å². The lowest BCUT2D eigenvalue weighted by atomic mass is 10.0. The van der Waals surface area contributed by atoms with Gasteiger partial charge in [-0.25, -0.2) is 4.98 Å². The molecular formula is C20H23N3O. The zero-order chi connectivity index (χ0) is 16.9. The number of nitrogens with one attached hydrogen (secondary N) is 1. The number of aromatic amines is 1. The molecule has 0 radical (unpaired) electrons. The van der Waals surface area contributed by atoms with E-state index in [-0.39, 0.29) is 11.9 Å². The third-order valence-electron chi connectivity index (χ3n) is 4.60. The van der Waals surface area contributed by atoms with E-state index in [1.54, 1.807) is 6.20 Å². The quantitative estimate of drug-likeness (QED) is 0.754. The maximum atomic E-state index is 12.7. The molecule has 0 spiro atoms. The first-order chi connectivity index (χ1) is 11.7. The fourth-order valence-electron chi connectivity index (χ4n) is 3.09. The van der Waals surface area contributed by atoms with E-state index in [1.807, 2.05) is 48.5 Å². The molecule has 1 aromatic carbocycles. The van der Waals surface area contributed by atoms with Crippen LogP contribution >= 0.6 is 0 Å². The van der Waals surface area contributed by atoms with Gasteiger partial charge in [-0.2, -0.15) is 0 Å². The lowest BCUT2D eigenvalue weighted by molar-refractivity contribution is -0.131. The molecule has 1 atom stereocenters. The number of benzene rings is 1. The Bertz CT molecular complexity index is 810. The highest BCUT2D eigenvalue weighted by molar-refractivity contribution is 5.87. The highest BCUT2D eigenvalue weighted by Crippen LogP contribution is 2.18. The van der Waals surface area contributed by atoms with Crippen LogP contribution in [0.4, 0.5) is 0 Å². The Balaban J connectivity index is 1.71. The Hall–Kier alpha value is -2.62. The average molecular weight is 321 g/mol. The summed E-state index contributed by atoms with van der Waals surface area (Å²) in [6, 6.07) is 14.5. The second-order valence-electron chi connectivity index (χ2n) is 6.15. The van der Waals surface area contributed by atoms with Gasteiger partial charge in [0, 0.05) is 30.9 Å². The molecule has 1 N–H and O–H groups in total. The SMILES string of the molecule is CC[C@@H](Cc1ccccc1)N(C)C(=O)Cc1c[nH]c2ncccc12. The zero-order valence-electron chi connectivity index (χ0n) is 14.2. The summed E-state index contributed by atoms with van der Waals surface area (Å²) in [5.41, 5.74) is 3.10. The Morgan fingerprint density at radius 3 is 2.75 bits per heavy atom. The smallest absolute Gasteiger partial charge is 0.227 e. The molecule has 0 saturated carbocycles. The average Bonchev–Trinajstić information content (AvgIpc) is 3.03. The molecule has 2 aromatic heterocycles. The number of pyridine rings is 1. The summed E-state index contributed by atoms with van der Waals surface area (Å²) in [5.74, 6) is 0.141. The van der Waals surface area contributed by atoms with Crippen LogP contribution in [0.2, 0.25) is 0 Å². The summed E-state index contributed by atoms with van der Waals surface area (Å²) in [4.78, 5) is 22.0. The van der Waals surface area contributed by atoms with E-state index in [2.05, 4.69) is 29.0 Å². The van der Waals surface area contributed by atoms with Crippen molar-refractivity contribution in [3.05, 3.63) is 66.0 Å². The van der Waals surface area contributed by atoms with Crippen LogP contribution in [0.25, 0.3) is 11.0 Å². The van der Waals surface area contributed by atoms with Crippen LogP contribution in [0, 0.1) is 0 Å². The van der Waals surface area contributed by atoms with Crippen molar-refractivity contribution in [1.82, 2.24) is 14.9 Å². The molecule has 0 fully saturated rings. The highest BCUT2D eigenvalue weighted by atomic mass is 16.2. The normalized spacial score (nSPS) is 12.2. The third-order valence-corrected chi connectivity index (χ3v) is 4.60. The topological polar surface area (TPSA) is 49.0 Å². The van der Waals surface area contributed by atoms with E-state index in [0.29, 0.717) is 6.42 Å². The van der Waals surface area contributed by atoms with Crippen LogP contribution in [-0.4, -0.2) is 33.9 Å². The molecule has 0 aliphatic heterocycles. The standard InChI is InChI=1S/C20H23N3O/c1-3-17(12-15-8-5-4-6-9-15)23(2)19(24)13-16-14-22-20-18(16)10-7-11-21-20/h4-11,14,17H,3,12-13H2,1-2H3,(H,21,22)/t17-/m0/s1. The van der Waals surface area contributed by atoms with Crippen LogP contribution < -0.4 is 0 Å². The van der Waals surface area contributed by atoms with Gasteiger partial charge in [-0.1, -0.05) is 37.3 Å². The highest BCUT2D eigenvalue weighted by Gasteiger charge is 2.20. The number of carbonyl (C=O) groups is 1. The van der Waals surface area contributed by atoms with Crippen LogP contribution in [0.5, 0.6) is 0 Å². The van der Waals surface area contributed by atoms with Gasteiger partial charge in [0.15, 0.2) is 0 Å². The maximum Gasteiger partial charge on any atom is 0.227 e. The van der Waals surface area contributed by atoms with Crippen LogP contribution in [0.3, 0.4) is 0 Å². The molecular weight excluding hydrogens is 298 g/mol. The van der Waals surface area contributed by atoms with Crippen LogP contribution in [0.15, 0.2) is 54.9 Å². The van der Waals surface area contributed by atoms with Crippen molar-refractivity contribution in [3.63, 3.8) is 0 Å². The fourth-order valence-corrected chi connectivity index (χ4v) is 3.09. The molecule has 0 aliphatic carbocycles. The molecule has 3 aromatic rings. The summed E-state index contributed by atoms with van der Waals surface area (Å²) in [5, 5.41) is 1.02. The molecule has 0 aliphatic rings. The number of nitrogens with zero attached hydrogens (tertiary/aromatic N) is 2. The van der Waals surface area contributed by atoms with Crippen molar-refractivity contribution in [2.75, 3.05) is 7.05 Å². The van der Waals surface area contributed by atoms with Gasteiger partial charge in [0.25, 0.3) is 0 Å². The van der Waals surface area contributed by atoms with E-state index in [9.17, 15) is 4.79 Å². The van der Waals surface area contributed by atoms with Gasteiger partial charge in [0.1, 0.15) is 5.65 Å². The van der Waals surface area contributed by atoms with Gasteiger partial charge >= 0.3 is 0 Å². The molecule has 124 valence electrons. The summed E-state index contributed by atoms with van der Waals surface area (Å²) in [6.07, 6.45) is 5.86. The summed E-state index contributed by atoms with van der Waals surface area (Å²) in [6.45, 7) is 2.13. The zero-order valence-corrected chi connectivity index (χ0v) is 14.2. The number of hydrogen-bond donors (Lipinski definition) is 1. The number of carbonyl (C=O) groups excluding carboxylic acids is 1. The van der Waals surface area contributed by atoms with Crippen LogP contribution in [0.1, 0.15) is 24.5 Å². The van der Waals surface area contributed by atoms with Crippen molar-refractivity contribution < 1.29 is 4.79 Å². The minimum absolute atomic E-state index is 0.141. The molecule has 4 heteroatoms. The lowest BCUT2D eigenvalue weighted by Gasteiger charge is -2.27. The predicted molar refractivity (Wildman–Crippen MR) is 96.8 cm³/mol. The summed E-state index contributed by atoms with van der Waals surface area (Å²) < 4.78 is 0. The molecule has 4 nitrogen and oxygen atoms in total. The largest absolute Gasteiger partial charge is 0.346 e. The van der Waals surface area contributed by atoms with Gasteiger partial charge in [0.05, 0.1) is 6.42 Å². The van der Waals surface area contributed by atoms with E-state index in [1.165, 1.54) is 5.56 Å². The van der Waals surface area contributed by atoms with Gasteiger partial charge in [-0.05, 0) is 36.1 Å². The minimum Gasteiger partial charge on any atom is -0.346 e. The Kier molecular flexibility index (Phi) is 4.94. The van der Waals surface area contributed by atoms with Crippen molar-refractivity contribution in [2.45, 2.75) is 32.2 Å². The van der Waals surface area contributed by atoms with E-state index in [0.717, 1.165) is 29.4 Å². The van der Waals surface area contributed by atoms with Gasteiger partial charge in [-0.15, -0.1) is 0 Å². The van der Waals surface area contributed by atoms with E-state index >= 15 is 0 Å². The summed E-state index contributed by atoms with van der Waals surface area (Å²) in [7, 11) is 1.91. The van der Waals surface area contributed by atoms with Gasteiger partial charge in [0.2, 0.25) is 5.91 Å². The first-order valence-corrected chi connectivity index (χ1v) is 8.39. The molecule has 0 bridgehead atoms. The summed E-state index contributed by atoms with van der Waals surface area (Å²) >= 11 is 0. The first kappa shape index (κ1) is 16.2. The fraction of sp³-hybridized carbons (Fsp3) is 0.300. The molecule has 0 unspecified atom stereocenters. The third kappa shape index (κ3) is 3.48.